The molecular weight excluding hydrogens is 416 g/mol. The number of nitrogens with zero attached hydrogens (tertiary/aromatic N) is 3. The number of amides is 1. The molecule has 2 heterocycles. The van der Waals surface area contributed by atoms with Gasteiger partial charge in [0.05, 0.1) is 36.4 Å². The Kier molecular flexibility index (Phi) is 5.75. The molecular formula is C23H23ClN4O3. The molecule has 1 aromatic carbocycles. The molecule has 1 aliphatic carbocycles. The van der Waals surface area contributed by atoms with Crippen LogP contribution in [0.25, 0.3) is 10.9 Å². The molecule has 0 spiro atoms. The highest BCUT2D eigenvalue weighted by molar-refractivity contribution is 6.32. The zero-order valence-electron chi connectivity index (χ0n) is 17.6. The molecule has 0 bridgehead atoms. The van der Waals surface area contributed by atoms with E-state index in [1.165, 1.54) is 0 Å². The molecule has 0 saturated heterocycles. The fourth-order valence-corrected chi connectivity index (χ4v) is 4.44. The van der Waals surface area contributed by atoms with Gasteiger partial charge in [-0.25, -0.2) is 4.79 Å². The van der Waals surface area contributed by atoms with E-state index in [0.29, 0.717) is 35.7 Å². The number of nitriles is 1. The van der Waals surface area contributed by atoms with Gasteiger partial charge < -0.3 is 19.4 Å². The number of fused-ring (bicyclic) bond motifs is 3. The summed E-state index contributed by atoms with van der Waals surface area (Å²) in [7, 11) is 1.57. The largest absolute Gasteiger partial charge is 0.493 e. The number of aromatic nitrogens is 2. The average Bonchev–Trinajstić information content (AvgIpc) is 3.25. The number of nitrogens with one attached hydrogen (secondary N) is 1. The van der Waals surface area contributed by atoms with Gasteiger partial charge in [-0.15, -0.1) is 0 Å². The Morgan fingerprint density at radius 1 is 1.39 bits per heavy atom. The van der Waals surface area contributed by atoms with Crippen LogP contribution in [-0.4, -0.2) is 34.9 Å². The fraction of sp³-hybridized carbons (Fsp3) is 0.348. The number of pyridine rings is 1. The second kappa shape index (κ2) is 8.48. The van der Waals surface area contributed by atoms with E-state index >= 15 is 0 Å². The number of hydrogen-bond acceptors (Lipinski definition) is 5. The van der Waals surface area contributed by atoms with Crippen molar-refractivity contribution in [3.8, 4) is 11.8 Å². The first-order valence-corrected chi connectivity index (χ1v) is 10.5. The number of carbonyl (C=O) groups is 1. The van der Waals surface area contributed by atoms with Gasteiger partial charge in [0.25, 0.3) is 0 Å². The Bertz CT molecular complexity index is 1200. The van der Waals surface area contributed by atoms with Crippen molar-refractivity contribution in [3.63, 3.8) is 0 Å². The smallest absolute Gasteiger partial charge is 0.407 e. The van der Waals surface area contributed by atoms with Crippen molar-refractivity contribution in [2.45, 2.75) is 45.4 Å². The van der Waals surface area contributed by atoms with Gasteiger partial charge in [0, 0.05) is 35.3 Å². The molecule has 4 rings (SSSR count). The lowest BCUT2D eigenvalue weighted by Gasteiger charge is -2.16. The van der Waals surface area contributed by atoms with Gasteiger partial charge in [-0.3, -0.25) is 4.98 Å². The van der Waals surface area contributed by atoms with E-state index in [9.17, 15) is 10.1 Å². The third-order valence-electron chi connectivity index (χ3n) is 5.41. The molecule has 1 amide bonds. The van der Waals surface area contributed by atoms with Crippen molar-refractivity contribution in [1.29, 1.82) is 5.26 Å². The lowest BCUT2D eigenvalue weighted by molar-refractivity contribution is 0.112. The maximum atomic E-state index is 12.1. The van der Waals surface area contributed by atoms with Crippen molar-refractivity contribution < 1.29 is 14.3 Å². The maximum absolute atomic E-state index is 12.1. The van der Waals surface area contributed by atoms with Gasteiger partial charge in [-0.2, -0.15) is 5.26 Å². The highest BCUT2D eigenvalue weighted by atomic mass is 35.5. The molecule has 0 aliphatic heterocycles. The van der Waals surface area contributed by atoms with Crippen LogP contribution in [0.4, 0.5) is 4.79 Å². The number of hydrogen-bond donors (Lipinski definition) is 1. The molecule has 0 fully saturated rings. The van der Waals surface area contributed by atoms with Crippen molar-refractivity contribution in [2.24, 2.45) is 0 Å². The molecule has 7 nitrogen and oxygen atoms in total. The molecule has 3 aromatic rings. The van der Waals surface area contributed by atoms with E-state index in [1.807, 2.05) is 32.0 Å². The third kappa shape index (κ3) is 4.04. The summed E-state index contributed by atoms with van der Waals surface area (Å²) in [5.41, 5.74) is 4.55. The quantitative estimate of drug-likeness (QED) is 0.644. The van der Waals surface area contributed by atoms with E-state index < -0.39 is 6.09 Å². The fourth-order valence-electron chi connectivity index (χ4n) is 4.20. The Morgan fingerprint density at radius 3 is 2.90 bits per heavy atom. The molecule has 1 unspecified atom stereocenters. The second-order valence-electron chi connectivity index (χ2n) is 7.83. The highest BCUT2D eigenvalue weighted by Crippen LogP contribution is 2.36. The van der Waals surface area contributed by atoms with Crippen molar-refractivity contribution in [1.82, 2.24) is 14.9 Å². The number of carbonyl (C=O) groups excluding carboxylic acids is 1. The van der Waals surface area contributed by atoms with Crippen LogP contribution in [0.15, 0.2) is 30.5 Å². The van der Waals surface area contributed by atoms with Gasteiger partial charge >= 0.3 is 6.09 Å². The van der Waals surface area contributed by atoms with Crippen LogP contribution >= 0.6 is 11.6 Å². The van der Waals surface area contributed by atoms with Crippen LogP contribution in [0.3, 0.4) is 0 Å². The Balaban J connectivity index is 1.74. The van der Waals surface area contributed by atoms with E-state index in [4.69, 9.17) is 21.1 Å². The van der Waals surface area contributed by atoms with Crippen LogP contribution in [0.2, 0.25) is 5.02 Å². The Hall–Kier alpha value is -3.24. The summed E-state index contributed by atoms with van der Waals surface area (Å²) in [6.45, 7) is 4.10. The van der Waals surface area contributed by atoms with Crippen LogP contribution < -0.4 is 10.1 Å². The van der Waals surface area contributed by atoms with Gasteiger partial charge in [0.1, 0.15) is 5.69 Å². The molecule has 1 aliphatic rings. The van der Waals surface area contributed by atoms with Crippen LogP contribution in [0.1, 0.15) is 36.4 Å². The Labute approximate surface area is 185 Å². The molecule has 0 saturated carbocycles. The minimum atomic E-state index is -0.420. The number of ether oxygens (including phenoxy) is 2. The standard InChI is InChI=1S/C23H23ClN4O3/c1-13(2)31-23(29)27-15-9-17-16-8-14(11-25)4-5-20(16)28(21(17)10-15)12-19-22(30-3)18(24)6-7-26-19/h4-8,13,15H,9-10,12H2,1-3H3,(H,27,29). The summed E-state index contributed by atoms with van der Waals surface area (Å²) >= 11 is 6.30. The normalized spacial score (nSPS) is 15.0. The molecule has 31 heavy (non-hydrogen) atoms. The lowest BCUT2D eigenvalue weighted by Crippen LogP contribution is -2.37. The molecule has 1 N–H and O–H groups in total. The summed E-state index contributed by atoms with van der Waals surface area (Å²) in [5.74, 6) is 0.543. The predicted octanol–water partition coefficient (Wildman–Crippen LogP) is 4.22. The molecule has 2 aromatic heterocycles. The number of rotatable bonds is 5. The summed E-state index contributed by atoms with van der Waals surface area (Å²) in [6.07, 6.45) is 2.38. The summed E-state index contributed by atoms with van der Waals surface area (Å²) in [4.78, 5) is 16.6. The summed E-state index contributed by atoms with van der Waals surface area (Å²) < 4.78 is 12.9. The SMILES string of the molecule is COc1c(Cl)ccnc1Cn1c2c(c3cc(C#N)ccc31)CC(NC(=O)OC(C)C)C2. The number of methoxy groups -OCH3 is 1. The minimum Gasteiger partial charge on any atom is -0.493 e. The number of alkyl carbamates (subject to hydrolysis) is 1. The topological polar surface area (TPSA) is 89.2 Å². The Morgan fingerprint density at radius 2 is 2.19 bits per heavy atom. The predicted molar refractivity (Wildman–Crippen MR) is 118 cm³/mol. The van der Waals surface area contributed by atoms with E-state index in [2.05, 4.69) is 20.9 Å². The van der Waals surface area contributed by atoms with Crippen molar-refractivity contribution in [2.75, 3.05) is 7.11 Å². The third-order valence-corrected chi connectivity index (χ3v) is 5.71. The van der Waals surface area contributed by atoms with Gasteiger partial charge in [0.15, 0.2) is 5.75 Å². The van der Waals surface area contributed by atoms with Crippen LogP contribution in [0, 0.1) is 11.3 Å². The summed E-state index contributed by atoms with van der Waals surface area (Å²) in [6, 6.07) is 9.50. The second-order valence-corrected chi connectivity index (χ2v) is 8.24. The lowest BCUT2D eigenvalue weighted by atomic mass is 10.1. The minimum absolute atomic E-state index is 0.0770. The molecule has 8 heteroatoms. The first-order chi connectivity index (χ1) is 14.9. The zero-order chi connectivity index (χ0) is 22.1. The van der Waals surface area contributed by atoms with E-state index in [1.54, 1.807) is 19.4 Å². The van der Waals surface area contributed by atoms with Gasteiger partial charge in [-0.05, 0) is 50.1 Å². The molecule has 1 atom stereocenters. The van der Waals surface area contributed by atoms with Crippen LogP contribution in [0.5, 0.6) is 5.75 Å². The maximum Gasteiger partial charge on any atom is 0.407 e. The van der Waals surface area contributed by atoms with Gasteiger partial charge in [0.2, 0.25) is 0 Å². The first kappa shape index (κ1) is 21.0. The number of halogens is 1. The first-order valence-electron chi connectivity index (χ1n) is 10.1. The van der Waals surface area contributed by atoms with Crippen LogP contribution in [-0.2, 0) is 24.1 Å². The van der Waals surface area contributed by atoms with Crippen molar-refractivity contribution in [3.05, 3.63) is 58.0 Å². The van der Waals surface area contributed by atoms with Gasteiger partial charge in [-0.1, -0.05) is 11.6 Å². The van der Waals surface area contributed by atoms with E-state index in [0.717, 1.165) is 27.9 Å². The molecule has 0 radical (unpaired) electrons. The summed E-state index contributed by atoms with van der Waals surface area (Å²) in [5, 5.41) is 13.8. The monoisotopic (exact) mass is 438 g/mol. The number of benzene rings is 1. The highest BCUT2D eigenvalue weighted by Gasteiger charge is 2.30. The molecule has 160 valence electrons. The average molecular weight is 439 g/mol. The van der Waals surface area contributed by atoms with Crippen molar-refractivity contribution >= 4 is 28.6 Å². The zero-order valence-corrected chi connectivity index (χ0v) is 18.4. The van der Waals surface area contributed by atoms with E-state index in [-0.39, 0.29) is 12.1 Å².